The Morgan fingerprint density at radius 3 is 2.93 bits per heavy atom. The van der Waals surface area contributed by atoms with Gasteiger partial charge in [0.15, 0.2) is 0 Å². The molecule has 0 spiro atoms. The number of para-hydroxylation sites is 1. The van der Waals surface area contributed by atoms with Gasteiger partial charge in [0.2, 0.25) is 0 Å². The first-order chi connectivity index (χ1) is 7.40. The number of halogens is 1. The van der Waals surface area contributed by atoms with Crippen LogP contribution in [0.5, 0.6) is 0 Å². The Balaban J connectivity index is 2.04. The van der Waals surface area contributed by atoms with Crippen molar-refractivity contribution in [3.63, 3.8) is 0 Å². The third kappa shape index (κ3) is 2.70. The minimum absolute atomic E-state index is 0.534. The van der Waals surface area contributed by atoms with Gasteiger partial charge in [0.1, 0.15) is 0 Å². The number of aromatic nitrogens is 1. The summed E-state index contributed by atoms with van der Waals surface area (Å²) in [6, 6.07) is 8.07. The van der Waals surface area contributed by atoms with Crippen LogP contribution in [0.2, 0.25) is 0 Å². The first kappa shape index (κ1) is 10.5. The van der Waals surface area contributed by atoms with Gasteiger partial charge >= 0.3 is 0 Å². The maximum atomic E-state index is 5.84. The number of alkyl halides is 1. The average Bonchev–Trinajstić information content (AvgIpc) is 2.79. The van der Waals surface area contributed by atoms with Crippen LogP contribution in [0.4, 0.5) is 5.69 Å². The van der Waals surface area contributed by atoms with Gasteiger partial charge in [-0.25, -0.2) is 0 Å². The number of anilines is 1. The SMILES string of the molecule is ClCc1ccccc1NCc1cncs1. The molecule has 2 aromatic rings. The second-order valence-electron chi connectivity index (χ2n) is 3.11. The summed E-state index contributed by atoms with van der Waals surface area (Å²) in [5.74, 6) is 0.534. The standard InChI is InChI=1S/C11H11ClN2S/c12-5-9-3-1-2-4-11(9)14-7-10-6-13-8-15-10/h1-4,6,8,14H,5,7H2. The summed E-state index contributed by atoms with van der Waals surface area (Å²) < 4.78 is 0. The Morgan fingerprint density at radius 1 is 1.33 bits per heavy atom. The van der Waals surface area contributed by atoms with Gasteiger partial charge in [-0.1, -0.05) is 18.2 Å². The van der Waals surface area contributed by atoms with Crippen LogP contribution in [-0.4, -0.2) is 4.98 Å². The number of rotatable bonds is 4. The van der Waals surface area contributed by atoms with Gasteiger partial charge in [0.25, 0.3) is 0 Å². The summed E-state index contributed by atoms with van der Waals surface area (Å²) in [6.07, 6.45) is 1.88. The van der Waals surface area contributed by atoms with Crippen molar-refractivity contribution in [3.8, 4) is 0 Å². The molecule has 0 fully saturated rings. The van der Waals surface area contributed by atoms with Crippen molar-refractivity contribution in [1.82, 2.24) is 4.98 Å². The van der Waals surface area contributed by atoms with E-state index < -0.39 is 0 Å². The molecule has 0 aliphatic carbocycles. The first-order valence-electron chi connectivity index (χ1n) is 4.65. The van der Waals surface area contributed by atoms with Crippen LogP contribution in [0, 0.1) is 0 Å². The minimum atomic E-state index is 0.534. The predicted molar refractivity (Wildman–Crippen MR) is 65.4 cm³/mol. The Hall–Kier alpha value is -1.06. The number of nitrogens with zero attached hydrogens (tertiary/aromatic N) is 1. The van der Waals surface area contributed by atoms with Crippen molar-refractivity contribution in [1.29, 1.82) is 0 Å². The second kappa shape index (κ2) is 5.14. The molecule has 1 aromatic carbocycles. The molecule has 4 heteroatoms. The zero-order valence-corrected chi connectivity index (χ0v) is 9.68. The number of nitrogens with one attached hydrogen (secondary N) is 1. The topological polar surface area (TPSA) is 24.9 Å². The zero-order chi connectivity index (χ0) is 10.5. The van der Waals surface area contributed by atoms with E-state index in [1.807, 2.05) is 36.0 Å². The molecular weight excluding hydrogens is 228 g/mol. The van der Waals surface area contributed by atoms with Gasteiger partial charge in [0.05, 0.1) is 12.1 Å². The molecule has 0 amide bonds. The van der Waals surface area contributed by atoms with Gasteiger partial charge in [-0.3, -0.25) is 4.98 Å². The van der Waals surface area contributed by atoms with E-state index in [9.17, 15) is 0 Å². The van der Waals surface area contributed by atoms with E-state index in [0.717, 1.165) is 17.8 Å². The number of hydrogen-bond donors (Lipinski definition) is 1. The van der Waals surface area contributed by atoms with Crippen LogP contribution in [0.1, 0.15) is 10.4 Å². The summed E-state index contributed by atoms with van der Waals surface area (Å²) in [5.41, 5.74) is 4.06. The lowest BCUT2D eigenvalue weighted by atomic mass is 10.2. The van der Waals surface area contributed by atoms with Gasteiger partial charge in [-0.05, 0) is 11.6 Å². The average molecular weight is 239 g/mol. The second-order valence-corrected chi connectivity index (χ2v) is 4.35. The van der Waals surface area contributed by atoms with Crippen molar-refractivity contribution in [2.45, 2.75) is 12.4 Å². The molecule has 2 nitrogen and oxygen atoms in total. The van der Waals surface area contributed by atoms with Crippen LogP contribution in [0.15, 0.2) is 36.0 Å². The van der Waals surface area contributed by atoms with E-state index in [-0.39, 0.29) is 0 Å². The maximum Gasteiger partial charge on any atom is 0.0794 e. The molecule has 0 saturated carbocycles. The largest absolute Gasteiger partial charge is 0.380 e. The zero-order valence-electron chi connectivity index (χ0n) is 8.11. The fourth-order valence-corrected chi connectivity index (χ4v) is 2.09. The van der Waals surface area contributed by atoms with Crippen molar-refractivity contribution in [3.05, 3.63) is 46.4 Å². The van der Waals surface area contributed by atoms with Gasteiger partial charge < -0.3 is 5.32 Å². The molecule has 0 aliphatic heterocycles. The van der Waals surface area contributed by atoms with Gasteiger partial charge in [-0.15, -0.1) is 22.9 Å². The molecule has 0 atom stereocenters. The van der Waals surface area contributed by atoms with Crippen molar-refractivity contribution < 1.29 is 0 Å². The smallest absolute Gasteiger partial charge is 0.0794 e. The lowest BCUT2D eigenvalue weighted by Gasteiger charge is -2.08. The van der Waals surface area contributed by atoms with Crippen molar-refractivity contribution in [2.75, 3.05) is 5.32 Å². The van der Waals surface area contributed by atoms with E-state index in [2.05, 4.69) is 10.3 Å². The van der Waals surface area contributed by atoms with Gasteiger partial charge in [-0.2, -0.15) is 0 Å². The van der Waals surface area contributed by atoms with E-state index in [1.54, 1.807) is 11.3 Å². The first-order valence-corrected chi connectivity index (χ1v) is 6.06. The molecule has 1 N–H and O–H groups in total. The van der Waals surface area contributed by atoms with E-state index in [0.29, 0.717) is 5.88 Å². The molecule has 15 heavy (non-hydrogen) atoms. The molecule has 1 aromatic heterocycles. The highest BCUT2D eigenvalue weighted by atomic mass is 35.5. The number of benzene rings is 1. The monoisotopic (exact) mass is 238 g/mol. The third-order valence-corrected chi connectivity index (χ3v) is 3.17. The van der Waals surface area contributed by atoms with Crippen LogP contribution >= 0.6 is 22.9 Å². The molecule has 78 valence electrons. The van der Waals surface area contributed by atoms with Crippen molar-refractivity contribution in [2.24, 2.45) is 0 Å². The lowest BCUT2D eigenvalue weighted by molar-refractivity contribution is 1.16. The molecule has 2 rings (SSSR count). The van der Waals surface area contributed by atoms with Crippen molar-refractivity contribution >= 4 is 28.6 Å². The molecule has 0 saturated heterocycles. The Bertz CT molecular complexity index is 414. The Morgan fingerprint density at radius 2 is 2.20 bits per heavy atom. The normalized spacial score (nSPS) is 10.2. The molecule has 0 unspecified atom stereocenters. The lowest BCUT2D eigenvalue weighted by Crippen LogP contribution is -1.99. The van der Waals surface area contributed by atoms with Gasteiger partial charge in [0, 0.05) is 22.6 Å². The van der Waals surface area contributed by atoms with Crippen LogP contribution in [0.3, 0.4) is 0 Å². The highest BCUT2D eigenvalue weighted by Crippen LogP contribution is 2.18. The summed E-state index contributed by atoms with van der Waals surface area (Å²) >= 11 is 7.49. The number of hydrogen-bond acceptors (Lipinski definition) is 3. The van der Waals surface area contributed by atoms with E-state index in [1.165, 1.54) is 4.88 Å². The summed E-state index contributed by atoms with van der Waals surface area (Å²) in [5, 5.41) is 3.35. The Kier molecular flexibility index (Phi) is 3.59. The van der Waals surface area contributed by atoms with Crippen LogP contribution in [-0.2, 0) is 12.4 Å². The third-order valence-electron chi connectivity index (χ3n) is 2.10. The Labute approximate surface area is 97.9 Å². The predicted octanol–water partition coefficient (Wildman–Crippen LogP) is 3.49. The quantitative estimate of drug-likeness (QED) is 0.825. The highest BCUT2D eigenvalue weighted by molar-refractivity contribution is 7.09. The summed E-state index contributed by atoms with van der Waals surface area (Å²) in [6.45, 7) is 0.804. The molecule has 0 bridgehead atoms. The highest BCUT2D eigenvalue weighted by Gasteiger charge is 2.00. The van der Waals surface area contributed by atoms with Crippen LogP contribution in [0.25, 0.3) is 0 Å². The molecule has 1 heterocycles. The van der Waals surface area contributed by atoms with Crippen LogP contribution < -0.4 is 5.32 Å². The maximum absolute atomic E-state index is 5.84. The molecular formula is C11H11ClN2S. The number of thiazole rings is 1. The molecule has 0 aliphatic rings. The summed E-state index contributed by atoms with van der Waals surface area (Å²) in [7, 11) is 0. The summed E-state index contributed by atoms with van der Waals surface area (Å²) in [4.78, 5) is 5.25. The fourth-order valence-electron chi connectivity index (χ4n) is 1.32. The minimum Gasteiger partial charge on any atom is -0.380 e. The van der Waals surface area contributed by atoms with E-state index in [4.69, 9.17) is 11.6 Å². The fraction of sp³-hybridized carbons (Fsp3) is 0.182. The molecule has 0 radical (unpaired) electrons. The van der Waals surface area contributed by atoms with E-state index >= 15 is 0 Å².